The molecule has 38 heavy (non-hydrogen) atoms. The van der Waals surface area contributed by atoms with Crippen LogP contribution in [0.3, 0.4) is 0 Å². The van der Waals surface area contributed by atoms with Crippen molar-refractivity contribution in [2.45, 2.75) is 70.4 Å². The van der Waals surface area contributed by atoms with E-state index in [1.807, 2.05) is 53.4 Å². The van der Waals surface area contributed by atoms with Gasteiger partial charge >= 0.3 is 6.03 Å². The number of anilines is 2. The van der Waals surface area contributed by atoms with Crippen LogP contribution in [0.5, 0.6) is 11.5 Å². The number of likely N-dealkylation sites (tertiary alicyclic amines) is 1. The number of rotatable bonds is 10. The molecule has 2 fully saturated rings. The van der Waals surface area contributed by atoms with Gasteiger partial charge < -0.3 is 25.0 Å². The van der Waals surface area contributed by atoms with E-state index in [4.69, 9.17) is 9.47 Å². The Kier molecular flexibility index (Phi) is 10.3. The molecule has 206 valence electrons. The zero-order valence-corrected chi connectivity index (χ0v) is 22.8. The van der Waals surface area contributed by atoms with Crippen LogP contribution in [0, 0.1) is 0 Å². The lowest BCUT2D eigenvalue weighted by Gasteiger charge is -2.39. The lowest BCUT2D eigenvalue weighted by Crippen LogP contribution is -2.53. The molecule has 8 nitrogen and oxygen atoms in total. The maximum absolute atomic E-state index is 13.5. The molecule has 3 amide bonds. The van der Waals surface area contributed by atoms with Gasteiger partial charge in [0.25, 0.3) is 0 Å². The van der Waals surface area contributed by atoms with Crippen molar-refractivity contribution in [3.05, 3.63) is 48.5 Å². The van der Waals surface area contributed by atoms with Crippen LogP contribution in [0.25, 0.3) is 0 Å². The maximum atomic E-state index is 13.5. The molecule has 0 spiro atoms. The van der Waals surface area contributed by atoms with E-state index < -0.39 is 0 Å². The first-order chi connectivity index (χ1) is 18.5. The largest absolute Gasteiger partial charge is 0.497 e. The van der Waals surface area contributed by atoms with Crippen molar-refractivity contribution < 1.29 is 19.1 Å². The van der Waals surface area contributed by atoms with Gasteiger partial charge in [-0.3, -0.25) is 9.69 Å². The minimum atomic E-state index is -0.0839. The second-order valence-corrected chi connectivity index (χ2v) is 10.3. The Hall–Kier alpha value is -3.26. The van der Waals surface area contributed by atoms with Crippen LogP contribution in [-0.4, -0.2) is 62.3 Å². The fourth-order valence-electron chi connectivity index (χ4n) is 5.44. The fourth-order valence-corrected chi connectivity index (χ4v) is 5.44. The van der Waals surface area contributed by atoms with Gasteiger partial charge in [0.15, 0.2) is 0 Å². The number of hydrogen-bond donors (Lipinski definition) is 2. The van der Waals surface area contributed by atoms with Crippen molar-refractivity contribution in [1.29, 1.82) is 0 Å². The maximum Gasteiger partial charge on any atom is 0.322 e. The molecule has 0 atom stereocenters. The van der Waals surface area contributed by atoms with E-state index in [-0.39, 0.29) is 24.0 Å². The molecular formula is C30H42N4O4. The average molecular weight is 523 g/mol. The third-order valence-corrected chi connectivity index (χ3v) is 7.49. The highest BCUT2D eigenvalue weighted by molar-refractivity contribution is 5.93. The number of carbonyl (C=O) groups excluding carboxylic acids is 2. The number of urea groups is 1. The number of benzene rings is 2. The van der Waals surface area contributed by atoms with Crippen LogP contribution >= 0.6 is 0 Å². The summed E-state index contributed by atoms with van der Waals surface area (Å²) in [5, 5.41) is 6.09. The van der Waals surface area contributed by atoms with Gasteiger partial charge in [0, 0.05) is 50.0 Å². The molecule has 2 aromatic carbocycles. The van der Waals surface area contributed by atoms with Gasteiger partial charge in [0.2, 0.25) is 5.91 Å². The smallest absolute Gasteiger partial charge is 0.322 e. The van der Waals surface area contributed by atoms with E-state index in [9.17, 15) is 9.59 Å². The summed E-state index contributed by atoms with van der Waals surface area (Å²) in [6.07, 6.45) is 8.61. The summed E-state index contributed by atoms with van der Waals surface area (Å²) >= 11 is 0. The monoisotopic (exact) mass is 522 g/mol. The van der Waals surface area contributed by atoms with E-state index in [0.29, 0.717) is 6.61 Å². The number of hydrogen-bond acceptors (Lipinski definition) is 5. The van der Waals surface area contributed by atoms with E-state index >= 15 is 0 Å². The predicted molar refractivity (Wildman–Crippen MR) is 151 cm³/mol. The third-order valence-electron chi connectivity index (χ3n) is 7.49. The number of nitrogens with zero attached hydrogens (tertiary/aromatic N) is 2. The lowest BCUT2D eigenvalue weighted by molar-refractivity contribution is -0.114. The molecule has 4 rings (SSSR count). The SMILES string of the molecule is COc1ccc(N(C(=O)NC2CCCCC2)C2CCN(CCCOc3ccc(NC(C)=O)cc3)CC2)cc1. The molecule has 0 unspecified atom stereocenters. The van der Waals surface area contributed by atoms with E-state index in [1.165, 1.54) is 26.2 Å². The Morgan fingerprint density at radius 2 is 1.58 bits per heavy atom. The van der Waals surface area contributed by atoms with Gasteiger partial charge in [-0.05, 0) is 80.6 Å². The van der Waals surface area contributed by atoms with Crippen LogP contribution in [0.2, 0.25) is 0 Å². The van der Waals surface area contributed by atoms with Crippen molar-refractivity contribution in [1.82, 2.24) is 10.2 Å². The highest BCUT2D eigenvalue weighted by Crippen LogP contribution is 2.27. The summed E-state index contributed by atoms with van der Waals surface area (Å²) in [6, 6.07) is 15.8. The highest BCUT2D eigenvalue weighted by atomic mass is 16.5. The minimum absolute atomic E-state index is 0.0263. The number of carbonyl (C=O) groups is 2. The molecule has 2 aliphatic rings. The van der Waals surface area contributed by atoms with Crippen LogP contribution in [-0.2, 0) is 4.79 Å². The van der Waals surface area contributed by atoms with Gasteiger partial charge in [0.1, 0.15) is 11.5 Å². The first-order valence-electron chi connectivity index (χ1n) is 14.0. The summed E-state index contributed by atoms with van der Waals surface area (Å²) in [4.78, 5) is 29.1. The Bertz CT molecular complexity index is 1010. The second kappa shape index (κ2) is 14.0. The summed E-state index contributed by atoms with van der Waals surface area (Å²) in [5.74, 6) is 1.51. The number of methoxy groups -OCH3 is 1. The molecule has 1 heterocycles. The van der Waals surface area contributed by atoms with Crippen molar-refractivity contribution in [2.75, 3.05) is 43.6 Å². The quantitative estimate of drug-likeness (QED) is 0.406. The van der Waals surface area contributed by atoms with Gasteiger partial charge in [0.05, 0.1) is 13.7 Å². The lowest BCUT2D eigenvalue weighted by atomic mass is 9.95. The number of nitrogens with one attached hydrogen (secondary N) is 2. The Labute approximate surface area is 226 Å². The zero-order valence-electron chi connectivity index (χ0n) is 22.8. The molecule has 1 saturated carbocycles. The number of piperidine rings is 1. The topological polar surface area (TPSA) is 83.1 Å². The van der Waals surface area contributed by atoms with Crippen LogP contribution in [0.15, 0.2) is 48.5 Å². The molecule has 0 radical (unpaired) electrons. The van der Waals surface area contributed by atoms with Crippen molar-refractivity contribution in [3.63, 3.8) is 0 Å². The highest BCUT2D eigenvalue weighted by Gasteiger charge is 2.30. The Morgan fingerprint density at radius 3 is 2.21 bits per heavy atom. The van der Waals surface area contributed by atoms with Gasteiger partial charge in [-0.25, -0.2) is 4.79 Å². The summed E-state index contributed by atoms with van der Waals surface area (Å²) in [7, 11) is 1.66. The molecular weight excluding hydrogens is 480 g/mol. The van der Waals surface area contributed by atoms with Crippen LogP contribution < -0.4 is 25.0 Å². The Morgan fingerprint density at radius 1 is 0.921 bits per heavy atom. The van der Waals surface area contributed by atoms with Crippen molar-refractivity contribution >= 4 is 23.3 Å². The first-order valence-corrected chi connectivity index (χ1v) is 14.0. The number of amides is 3. The first kappa shape index (κ1) is 27.8. The second-order valence-electron chi connectivity index (χ2n) is 10.3. The molecule has 2 aromatic rings. The molecule has 0 bridgehead atoms. The van der Waals surface area contributed by atoms with Crippen molar-refractivity contribution in [2.24, 2.45) is 0 Å². The molecule has 1 aliphatic heterocycles. The van der Waals surface area contributed by atoms with Gasteiger partial charge in [-0.15, -0.1) is 0 Å². The zero-order chi connectivity index (χ0) is 26.7. The molecule has 2 N–H and O–H groups in total. The van der Waals surface area contributed by atoms with E-state index in [1.54, 1.807) is 7.11 Å². The van der Waals surface area contributed by atoms with Gasteiger partial charge in [-0.1, -0.05) is 19.3 Å². The third kappa shape index (κ3) is 8.12. The Balaban J connectivity index is 1.26. The van der Waals surface area contributed by atoms with Crippen molar-refractivity contribution in [3.8, 4) is 11.5 Å². The summed E-state index contributed by atoms with van der Waals surface area (Å²) in [6.45, 7) is 5.02. The summed E-state index contributed by atoms with van der Waals surface area (Å²) in [5.41, 5.74) is 1.69. The summed E-state index contributed by atoms with van der Waals surface area (Å²) < 4.78 is 11.2. The molecule has 1 saturated heterocycles. The van der Waals surface area contributed by atoms with E-state index in [2.05, 4.69) is 15.5 Å². The van der Waals surface area contributed by atoms with Crippen LogP contribution in [0.1, 0.15) is 58.3 Å². The molecule has 8 heteroatoms. The van der Waals surface area contributed by atoms with Crippen LogP contribution in [0.4, 0.5) is 16.2 Å². The number of ether oxygens (including phenoxy) is 2. The predicted octanol–water partition coefficient (Wildman–Crippen LogP) is 5.44. The fraction of sp³-hybridized carbons (Fsp3) is 0.533. The molecule has 0 aromatic heterocycles. The average Bonchev–Trinajstić information content (AvgIpc) is 2.93. The van der Waals surface area contributed by atoms with Gasteiger partial charge in [-0.2, -0.15) is 0 Å². The van der Waals surface area contributed by atoms with E-state index in [0.717, 1.165) is 74.6 Å². The normalized spacial score (nSPS) is 17.0. The molecule has 1 aliphatic carbocycles. The minimum Gasteiger partial charge on any atom is -0.497 e. The standard InChI is InChI=1S/C30H42N4O4/c1-23(35)31-25-9-13-29(14-10-25)38-22-6-19-33-20-17-27(18-21-33)34(26-11-15-28(37-2)16-12-26)30(36)32-24-7-4-3-5-8-24/h9-16,24,27H,3-8,17-22H2,1-2H3,(H,31,35)(H,32,36).